The van der Waals surface area contributed by atoms with E-state index < -0.39 is 23.8 Å². The van der Waals surface area contributed by atoms with Crippen LogP contribution in [-0.2, 0) is 16.0 Å². The molecule has 0 radical (unpaired) electrons. The van der Waals surface area contributed by atoms with Gasteiger partial charge in [0.15, 0.2) is 0 Å². The van der Waals surface area contributed by atoms with Crippen molar-refractivity contribution in [3.8, 4) is 0 Å². The number of aryl methyl sites for hydroxylation is 1. The number of carbonyl (C=O) groups is 2. The summed E-state index contributed by atoms with van der Waals surface area (Å²) in [5.41, 5.74) is 2.58. The van der Waals surface area contributed by atoms with Crippen molar-refractivity contribution in [2.75, 3.05) is 0 Å². The van der Waals surface area contributed by atoms with Crippen molar-refractivity contribution in [1.82, 2.24) is 0 Å². The Balaban J connectivity index is 3.12. The average molecular weight is 489 g/mol. The van der Waals surface area contributed by atoms with Crippen molar-refractivity contribution < 1.29 is 19.8 Å². The van der Waals surface area contributed by atoms with E-state index in [4.69, 9.17) is 0 Å². The molecule has 0 spiro atoms. The van der Waals surface area contributed by atoms with E-state index in [9.17, 15) is 19.8 Å². The van der Waals surface area contributed by atoms with E-state index in [0.717, 1.165) is 49.7 Å². The number of carboxylic acid groups (broad SMARTS) is 2. The van der Waals surface area contributed by atoms with Crippen LogP contribution >= 0.6 is 0 Å². The molecule has 0 aliphatic carbocycles. The van der Waals surface area contributed by atoms with Crippen molar-refractivity contribution in [3.63, 3.8) is 0 Å². The Morgan fingerprint density at radius 3 is 1.63 bits per heavy atom. The molecule has 0 aliphatic rings. The van der Waals surface area contributed by atoms with Gasteiger partial charge in [0.1, 0.15) is 0 Å². The first-order valence-corrected chi connectivity index (χ1v) is 14.3. The lowest BCUT2D eigenvalue weighted by Crippen LogP contribution is -2.19. The van der Waals surface area contributed by atoms with Crippen molar-refractivity contribution >= 4 is 11.9 Å². The van der Waals surface area contributed by atoms with Gasteiger partial charge < -0.3 is 10.2 Å². The summed E-state index contributed by atoms with van der Waals surface area (Å²) in [4.78, 5) is 24.7. The number of hydrogen-bond acceptors (Lipinski definition) is 2. The summed E-state index contributed by atoms with van der Waals surface area (Å²) in [5, 5.41) is 20.2. The molecule has 0 amide bonds. The van der Waals surface area contributed by atoms with Crippen LogP contribution in [0, 0.1) is 11.8 Å². The first kappa shape index (κ1) is 31.2. The molecule has 0 bridgehead atoms. The fraction of sp³-hybridized carbons (Fsp3) is 0.742. The Morgan fingerprint density at radius 1 is 0.657 bits per heavy atom. The fourth-order valence-electron chi connectivity index (χ4n) is 4.97. The maximum atomic E-state index is 12.4. The maximum absolute atomic E-state index is 12.4. The van der Waals surface area contributed by atoms with Crippen molar-refractivity contribution in [2.24, 2.45) is 11.8 Å². The van der Waals surface area contributed by atoms with Gasteiger partial charge in [0.25, 0.3) is 0 Å². The molecular weight excluding hydrogens is 436 g/mol. The second kappa shape index (κ2) is 17.6. The van der Waals surface area contributed by atoms with Gasteiger partial charge in [-0.3, -0.25) is 9.59 Å². The van der Waals surface area contributed by atoms with Gasteiger partial charge in [-0.25, -0.2) is 0 Å². The average Bonchev–Trinajstić information content (AvgIpc) is 2.78. The maximum Gasteiger partial charge on any atom is 0.310 e. The molecule has 1 rings (SSSR count). The molecule has 1 aromatic rings. The SMILES string of the molecule is CCCCCCCCCc1ccc(C(CCCC(C)C)C(=O)O)c(C(CCCC(C)C)C(=O)O)c1. The highest BCUT2D eigenvalue weighted by atomic mass is 16.4. The highest BCUT2D eigenvalue weighted by Crippen LogP contribution is 2.35. The summed E-state index contributed by atoms with van der Waals surface area (Å²) >= 11 is 0. The van der Waals surface area contributed by atoms with Gasteiger partial charge in [0.2, 0.25) is 0 Å². The molecule has 0 aromatic heterocycles. The Hall–Kier alpha value is -1.84. The summed E-state index contributed by atoms with van der Waals surface area (Å²) < 4.78 is 0. The fourth-order valence-corrected chi connectivity index (χ4v) is 4.97. The Labute approximate surface area is 214 Å². The lowest BCUT2D eigenvalue weighted by atomic mass is 9.81. The molecule has 4 nitrogen and oxygen atoms in total. The summed E-state index contributed by atoms with van der Waals surface area (Å²) in [6.45, 7) is 10.8. The minimum atomic E-state index is -0.846. The van der Waals surface area contributed by atoms with Gasteiger partial charge in [-0.15, -0.1) is 0 Å². The summed E-state index contributed by atoms with van der Waals surface area (Å²) in [6.07, 6.45) is 14.3. The van der Waals surface area contributed by atoms with Gasteiger partial charge in [0.05, 0.1) is 11.8 Å². The van der Waals surface area contributed by atoms with E-state index >= 15 is 0 Å². The van der Waals surface area contributed by atoms with Crippen LogP contribution in [0.25, 0.3) is 0 Å². The zero-order valence-electron chi connectivity index (χ0n) is 23.2. The second-order valence-electron chi connectivity index (χ2n) is 11.3. The minimum Gasteiger partial charge on any atom is -0.481 e. The molecule has 0 heterocycles. The number of benzene rings is 1. The molecule has 2 atom stereocenters. The highest BCUT2D eigenvalue weighted by Gasteiger charge is 2.29. The first-order chi connectivity index (χ1) is 16.7. The van der Waals surface area contributed by atoms with Crippen LogP contribution in [0.1, 0.15) is 147 Å². The second-order valence-corrected chi connectivity index (χ2v) is 11.3. The molecule has 0 aliphatic heterocycles. The predicted octanol–water partition coefficient (Wildman–Crippen LogP) is 8.97. The van der Waals surface area contributed by atoms with E-state index in [1.54, 1.807) is 0 Å². The molecule has 4 heteroatoms. The van der Waals surface area contributed by atoms with Gasteiger partial charge in [-0.1, -0.05) is 117 Å². The Morgan fingerprint density at radius 2 is 1.14 bits per heavy atom. The summed E-state index contributed by atoms with van der Waals surface area (Å²) in [7, 11) is 0. The highest BCUT2D eigenvalue weighted by molar-refractivity contribution is 5.80. The lowest BCUT2D eigenvalue weighted by Gasteiger charge is -2.23. The number of hydrogen-bond donors (Lipinski definition) is 2. The topological polar surface area (TPSA) is 74.6 Å². The van der Waals surface area contributed by atoms with Crippen LogP contribution in [0.4, 0.5) is 0 Å². The van der Waals surface area contributed by atoms with E-state index in [1.165, 1.54) is 38.5 Å². The number of rotatable bonds is 20. The van der Waals surface area contributed by atoms with Crippen molar-refractivity contribution in [3.05, 3.63) is 34.9 Å². The Bertz CT molecular complexity index is 737. The van der Waals surface area contributed by atoms with Crippen molar-refractivity contribution in [2.45, 2.75) is 136 Å². The third-order valence-corrected chi connectivity index (χ3v) is 7.12. The standard InChI is InChI=1S/C31H52O4/c1-6-7-8-9-10-11-12-17-25-20-21-26(27(30(32)33)18-13-15-23(2)3)29(22-25)28(31(34)35)19-14-16-24(4)5/h20-24,27-28H,6-19H2,1-5H3,(H,32,33)(H,34,35). The third kappa shape index (κ3) is 12.6. The van der Waals surface area contributed by atoms with Gasteiger partial charge in [0, 0.05) is 0 Å². The van der Waals surface area contributed by atoms with Crippen LogP contribution < -0.4 is 0 Å². The van der Waals surface area contributed by atoms with Crippen LogP contribution in [0.2, 0.25) is 0 Å². The van der Waals surface area contributed by atoms with E-state index in [0.29, 0.717) is 30.2 Å². The van der Waals surface area contributed by atoms with Crippen LogP contribution in [-0.4, -0.2) is 22.2 Å². The molecule has 0 saturated heterocycles. The van der Waals surface area contributed by atoms with E-state index in [-0.39, 0.29) is 0 Å². The summed E-state index contributed by atoms with van der Waals surface area (Å²) in [6, 6.07) is 6.00. The molecule has 35 heavy (non-hydrogen) atoms. The smallest absolute Gasteiger partial charge is 0.310 e. The van der Waals surface area contributed by atoms with Crippen LogP contribution in [0.3, 0.4) is 0 Å². The first-order valence-electron chi connectivity index (χ1n) is 14.3. The number of unbranched alkanes of at least 4 members (excludes halogenated alkanes) is 6. The van der Waals surface area contributed by atoms with E-state index in [1.807, 2.05) is 18.2 Å². The van der Waals surface area contributed by atoms with Crippen LogP contribution in [0.15, 0.2) is 18.2 Å². The largest absolute Gasteiger partial charge is 0.481 e. The van der Waals surface area contributed by atoms with E-state index in [2.05, 4.69) is 34.6 Å². The predicted molar refractivity (Wildman–Crippen MR) is 146 cm³/mol. The minimum absolute atomic E-state index is 0.523. The summed E-state index contributed by atoms with van der Waals surface area (Å²) in [5.74, 6) is -1.94. The van der Waals surface area contributed by atoms with Gasteiger partial charge in [-0.05, 0) is 54.2 Å². The number of carboxylic acids is 2. The molecule has 200 valence electrons. The molecule has 2 unspecified atom stereocenters. The lowest BCUT2D eigenvalue weighted by molar-refractivity contribution is -0.140. The zero-order chi connectivity index (χ0) is 26.2. The molecule has 0 fully saturated rings. The quantitative estimate of drug-likeness (QED) is 0.180. The number of aliphatic carboxylic acids is 2. The van der Waals surface area contributed by atoms with Crippen molar-refractivity contribution in [1.29, 1.82) is 0 Å². The molecule has 2 N–H and O–H groups in total. The molecule has 1 aromatic carbocycles. The third-order valence-electron chi connectivity index (χ3n) is 7.12. The molecular formula is C31H52O4. The zero-order valence-corrected chi connectivity index (χ0v) is 23.2. The van der Waals surface area contributed by atoms with Gasteiger partial charge >= 0.3 is 11.9 Å². The van der Waals surface area contributed by atoms with Gasteiger partial charge in [-0.2, -0.15) is 0 Å². The Kier molecular flexibility index (Phi) is 15.7. The monoisotopic (exact) mass is 488 g/mol. The molecule has 0 saturated carbocycles. The normalized spacial score (nSPS) is 13.3. The van der Waals surface area contributed by atoms with Crippen LogP contribution in [0.5, 0.6) is 0 Å².